The van der Waals surface area contributed by atoms with Crippen LogP contribution in [0.1, 0.15) is 20.7 Å². The molecule has 61 heavy (non-hydrogen) atoms. The maximum atomic E-state index is 13.5. The number of halogens is 20. The molecule has 8 N–H and O–H groups in total. The number of hydrazine groups is 1. The summed E-state index contributed by atoms with van der Waals surface area (Å²) in [6.45, 7) is -6.69. The number of carbonyl (C=O) groups excluding carboxylic acids is 2. The average Bonchev–Trinajstić information content (AvgIpc) is 3.34. The number of hydrogen-bond acceptors (Lipinski definition) is 13. The molecular weight excluding hydrogens is 924 g/mol. The van der Waals surface area contributed by atoms with Crippen LogP contribution in [0.3, 0.4) is 0 Å². The number of nitrogens with zero attached hydrogens (tertiary/aromatic N) is 1. The predicted octanol–water partition coefficient (Wildman–Crippen LogP) is 4.54. The Kier molecular flexibility index (Phi) is 21.2. The van der Waals surface area contributed by atoms with Gasteiger partial charge in [0.2, 0.25) is 0 Å². The third kappa shape index (κ3) is 15.7. The van der Waals surface area contributed by atoms with Crippen LogP contribution in [0.25, 0.3) is 0 Å². The molecule has 2 amide bonds. The highest BCUT2D eigenvalue weighted by molar-refractivity contribution is 6.21. The van der Waals surface area contributed by atoms with Crippen molar-refractivity contribution in [2.45, 2.75) is 61.1 Å². The molecule has 1 aromatic rings. The summed E-state index contributed by atoms with van der Waals surface area (Å²) < 4.78 is 283. The normalized spacial score (nSPS) is 14.8. The average molecular weight is 955 g/mol. The molecule has 0 saturated heterocycles. The van der Waals surface area contributed by atoms with Gasteiger partial charge in [-0.1, -0.05) is 12.1 Å². The fourth-order valence-electron chi connectivity index (χ4n) is 3.41. The van der Waals surface area contributed by atoms with Crippen LogP contribution in [0.15, 0.2) is 24.3 Å². The molecule has 360 valence electrons. The standard InChI is InChI=1S/C17H13F10NO6.C9H11F10NO4.H4N2.H2O/c1-31-14(20,21)15(22,23)34-17(26,27)16(24,25)33-13(18,19)8-32-7-6-28-11(29)9-4-2-3-5-10(9)12(28)30;1-21-6(12,13)7(14,15)24-9(18,19)8(16,17)23-5(10,11)4-22-3-2-20;1-2;/h2-5H,6-8H2,1H3;2-4,20H2,1H3;1-2H2;1H2. The van der Waals surface area contributed by atoms with Gasteiger partial charge in [-0.3, -0.25) is 26.2 Å². The van der Waals surface area contributed by atoms with Gasteiger partial charge in [0.1, 0.15) is 13.2 Å². The van der Waals surface area contributed by atoms with Crippen molar-refractivity contribution in [3.05, 3.63) is 35.4 Å². The van der Waals surface area contributed by atoms with Crippen molar-refractivity contribution in [1.29, 1.82) is 0 Å². The highest BCUT2D eigenvalue weighted by Gasteiger charge is 2.74. The monoisotopic (exact) mass is 954 g/mol. The van der Waals surface area contributed by atoms with Gasteiger partial charge in [0.05, 0.1) is 30.9 Å². The second-order valence-electron chi connectivity index (χ2n) is 10.4. The van der Waals surface area contributed by atoms with E-state index in [1.807, 2.05) is 4.74 Å². The van der Waals surface area contributed by atoms with E-state index in [-0.39, 0.29) is 37.4 Å². The molecule has 0 radical (unpaired) electrons. The highest BCUT2D eigenvalue weighted by atomic mass is 19.4. The molecule has 1 aromatic carbocycles. The summed E-state index contributed by atoms with van der Waals surface area (Å²) in [5.74, 6) is 6.37. The van der Waals surface area contributed by atoms with Crippen molar-refractivity contribution in [2.75, 3.05) is 53.7 Å². The zero-order valence-electron chi connectivity index (χ0n) is 29.9. The number of amides is 2. The Labute approximate surface area is 326 Å². The van der Waals surface area contributed by atoms with Crippen molar-refractivity contribution in [3.63, 3.8) is 0 Å². The number of hydrogen-bond donors (Lipinski definition) is 3. The Hall–Kier alpha value is -3.52. The van der Waals surface area contributed by atoms with Gasteiger partial charge in [0, 0.05) is 20.8 Å². The minimum atomic E-state index is -6.69. The molecule has 1 heterocycles. The summed E-state index contributed by atoms with van der Waals surface area (Å²) >= 11 is 0. The Morgan fingerprint density at radius 1 is 0.492 bits per heavy atom. The van der Waals surface area contributed by atoms with Crippen molar-refractivity contribution in [1.82, 2.24) is 4.90 Å². The lowest BCUT2D eigenvalue weighted by atomic mass is 10.1. The summed E-state index contributed by atoms with van der Waals surface area (Å²) in [5, 5.41) is 0. The Bertz CT molecular complexity index is 1510. The Morgan fingerprint density at radius 2 is 0.770 bits per heavy atom. The van der Waals surface area contributed by atoms with Gasteiger partial charge in [-0.2, -0.15) is 87.8 Å². The fourth-order valence-corrected chi connectivity index (χ4v) is 3.41. The van der Waals surface area contributed by atoms with Gasteiger partial charge >= 0.3 is 61.1 Å². The van der Waals surface area contributed by atoms with Crippen LogP contribution >= 0.6 is 0 Å². The maximum absolute atomic E-state index is 13.5. The number of ether oxygens (including phenoxy) is 8. The number of methoxy groups -OCH3 is 2. The van der Waals surface area contributed by atoms with E-state index in [4.69, 9.17) is 5.73 Å². The zero-order valence-corrected chi connectivity index (χ0v) is 29.9. The number of fused-ring (bicyclic) bond motifs is 1. The van der Waals surface area contributed by atoms with E-state index >= 15 is 0 Å². The molecule has 0 spiro atoms. The molecule has 0 fully saturated rings. The van der Waals surface area contributed by atoms with Gasteiger partial charge in [-0.25, -0.2) is 18.9 Å². The van der Waals surface area contributed by atoms with E-state index in [0.29, 0.717) is 4.90 Å². The third-order valence-electron chi connectivity index (χ3n) is 6.08. The summed E-state index contributed by atoms with van der Waals surface area (Å²) in [4.78, 5) is 24.7. The molecule has 0 unspecified atom stereocenters. The quantitative estimate of drug-likeness (QED) is 0.0452. The lowest BCUT2D eigenvalue weighted by molar-refractivity contribution is -0.544. The molecule has 0 bridgehead atoms. The van der Waals surface area contributed by atoms with E-state index in [1.54, 1.807) is 0 Å². The molecule has 0 aliphatic carbocycles. The number of imide groups is 1. The molecule has 1 aliphatic rings. The maximum Gasteiger partial charge on any atom is 0.453 e. The first-order valence-electron chi connectivity index (χ1n) is 14.7. The first kappa shape index (κ1) is 59.6. The fraction of sp³-hybridized carbons (Fsp3) is 0.692. The van der Waals surface area contributed by atoms with E-state index in [2.05, 4.69) is 44.8 Å². The van der Waals surface area contributed by atoms with Crippen LogP contribution in [-0.4, -0.2) is 137 Å². The SMILES string of the molecule is COC(F)(F)C(F)(F)OC(F)(F)C(F)(F)OC(F)(F)COCCN.COC(F)(F)C(F)(F)OC(F)(F)C(F)(F)OC(F)(F)COCCN1C(=O)c2ccccc2C1=O.NN.O. The van der Waals surface area contributed by atoms with Crippen LogP contribution in [-0.2, 0) is 37.9 Å². The van der Waals surface area contributed by atoms with Gasteiger partial charge in [0.25, 0.3) is 11.8 Å². The van der Waals surface area contributed by atoms with E-state index in [1.165, 1.54) is 24.3 Å². The Balaban J connectivity index is 0. The van der Waals surface area contributed by atoms with Crippen LogP contribution in [0.5, 0.6) is 0 Å². The van der Waals surface area contributed by atoms with E-state index < -0.39 is 106 Å². The number of alkyl halides is 20. The number of nitrogens with two attached hydrogens (primary N) is 3. The van der Waals surface area contributed by atoms with E-state index in [9.17, 15) is 97.4 Å². The van der Waals surface area contributed by atoms with Gasteiger partial charge < -0.3 is 30.2 Å². The van der Waals surface area contributed by atoms with Crippen LogP contribution in [0.4, 0.5) is 87.8 Å². The molecule has 1 aliphatic heterocycles. The minimum Gasteiger partial charge on any atom is -0.412 e. The second-order valence-corrected chi connectivity index (χ2v) is 10.4. The molecule has 0 aromatic heterocycles. The van der Waals surface area contributed by atoms with Crippen LogP contribution < -0.4 is 17.4 Å². The first-order chi connectivity index (χ1) is 26.9. The summed E-state index contributed by atoms with van der Waals surface area (Å²) in [7, 11) is -0.176. The smallest absolute Gasteiger partial charge is 0.412 e. The van der Waals surface area contributed by atoms with Crippen LogP contribution in [0, 0.1) is 0 Å². The van der Waals surface area contributed by atoms with Crippen LogP contribution in [0.2, 0.25) is 0 Å². The molecule has 35 heteroatoms. The van der Waals surface area contributed by atoms with Gasteiger partial charge in [-0.05, 0) is 12.1 Å². The first-order valence-corrected chi connectivity index (χ1v) is 14.7. The summed E-state index contributed by atoms with van der Waals surface area (Å²) in [6, 6.07) is 5.48. The van der Waals surface area contributed by atoms with Crippen molar-refractivity contribution < 1.29 is 141 Å². The van der Waals surface area contributed by atoms with Crippen molar-refractivity contribution in [3.8, 4) is 0 Å². The van der Waals surface area contributed by atoms with E-state index in [0.717, 1.165) is 0 Å². The summed E-state index contributed by atoms with van der Waals surface area (Å²) in [5.41, 5.74) is 4.81. The molecule has 0 saturated carbocycles. The molecular formula is C26H30F20N4O11. The number of benzene rings is 1. The van der Waals surface area contributed by atoms with Gasteiger partial charge in [0.15, 0.2) is 0 Å². The summed E-state index contributed by atoms with van der Waals surface area (Å²) in [6.07, 6.45) is -61.0. The largest absolute Gasteiger partial charge is 0.453 e. The molecule has 0 atom stereocenters. The number of rotatable bonds is 23. The lowest BCUT2D eigenvalue weighted by Gasteiger charge is -2.32. The Morgan fingerprint density at radius 3 is 1.07 bits per heavy atom. The van der Waals surface area contributed by atoms with Crippen molar-refractivity contribution >= 4 is 11.8 Å². The molecule has 15 nitrogen and oxygen atoms in total. The lowest BCUT2D eigenvalue weighted by Crippen LogP contribution is -2.56. The minimum absolute atomic E-state index is 0. The second kappa shape index (κ2) is 21.7. The highest BCUT2D eigenvalue weighted by Crippen LogP contribution is 2.48. The molecule has 2 rings (SSSR count). The van der Waals surface area contributed by atoms with Crippen molar-refractivity contribution in [2.24, 2.45) is 17.4 Å². The zero-order chi connectivity index (χ0) is 47.6. The predicted molar refractivity (Wildman–Crippen MR) is 152 cm³/mol. The third-order valence-corrected chi connectivity index (χ3v) is 6.08. The number of carbonyl (C=O) groups is 2. The van der Waals surface area contributed by atoms with Gasteiger partial charge in [-0.15, -0.1) is 0 Å². The topological polar surface area (TPSA) is 221 Å².